The third-order valence-electron chi connectivity index (χ3n) is 5.15. The maximum absolute atomic E-state index is 13.8. The molecule has 4 nitrogen and oxygen atoms in total. The van der Waals surface area contributed by atoms with Gasteiger partial charge in [-0.15, -0.1) is 0 Å². The van der Waals surface area contributed by atoms with Crippen molar-refractivity contribution < 1.29 is 17.5 Å². The molecule has 0 aromatic heterocycles. The van der Waals surface area contributed by atoms with Crippen LogP contribution in [0.4, 0.5) is 4.39 Å². The molecule has 0 spiro atoms. The third-order valence-corrected chi connectivity index (χ3v) is 7.82. The van der Waals surface area contributed by atoms with E-state index in [0.29, 0.717) is 12.2 Å². The highest BCUT2D eigenvalue weighted by atomic mass is 32.2. The van der Waals surface area contributed by atoms with Gasteiger partial charge in [0, 0.05) is 12.5 Å². The van der Waals surface area contributed by atoms with Gasteiger partial charge in [0.15, 0.2) is 9.84 Å². The van der Waals surface area contributed by atoms with Crippen LogP contribution in [-0.4, -0.2) is 31.9 Å². The zero-order valence-electron chi connectivity index (χ0n) is 15.2. The van der Waals surface area contributed by atoms with E-state index in [0.717, 1.165) is 5.56 Å². The molecule has 2 N–H and O–H groups in total. The third kappa shape index (κ3) is 3.39. The number of hydrogen-bond acceptors (Lipinski definition) is 4. The van der Waals surface area contributed by atoms with Crippen LogP contribution in [0.2, 0.25) is 0 Å². The summed E-state index contributed by atoms with van der Waals surface area (Å²) in [5.41, 5.74) is 6.49. The van der Waals surface area contributed by atoms with E-state index in [1.807, 2.05) is 13.8 Å². The molecule has 3 rings (SSSR count). The average Bonchev–Trinajstić information content (AvgIpc) is 3.32. The lowest BCUT2D eigenvalue weighted by atomic mass is 10.00. The molecule has 0 unspecified atom stereocenters. The molecular formula is C20H22FNO3S2. The van der Waals surface area contributed by atoms with Gasteiger partial charge in [-0.1, -0.05) is 42.0 Å². The van der Waals surface area contributed by atoms with Crippen molar-refractivity contribution >= 4 is 27.0 Å². The lowest BCUT2D eigenvalue weighted by Gasteiger charge is -2.17. The second kappa shape index (κ2) is 7.30. The second-order valence-electron chi connectivity index (χ2n) is 6.85. The van der Waals surface area contributed by atoms with E-state index in [-0.39, 0.29) is 16.5 Å². The van der Waals surface area contributed by atoms with Gasteiger partial charge in [-0.05, 0) is 43.7 Å². The number of aryl methyl sites for hydroxylation is 1. The van der Waals surface area contributed by atoms with Crippen LogP contribution < -0.4 is 5.73 Å². The summed E-state index contributed by atoms with van der Waals surface area (Å²) < 4.78 is 46.2. The first kappa shape index (κ1) is 19.9. The van der Waals surface area contributed by atoms with Gasteiger partial charge in [0.2, 0.25) is 0 Å². The Hall–Kier alpha value is -1.83. The van der Waals surface area contributed by atoms with E-state index in [1.54, 1.807) is 36.4 Å². The van der Waals surface area contributed by atoms with Gasteiger partial charge >= 0.3 is 0 Å². The Balaban J connectivity index is 2.12. The monoisotopic (exact) mass is 407 g/mol. The summed E-state index contributed by atoms with van der Waals surface area (Å²) in [6, 6.07) is 12.6. The van der Waals surface area contributed by atoms with E-state index in [2.05, 4.69) is 0 Å². The highest BCUT2D eigenvalue weighted by molar-refractivity contribution is 7.92. The normalized spacial score (nSPS) is 24.6. The Morgan fingerprint density at radius 1 is 1.26 bits per heavy atom. The van der Waals surface area contributed by atoms with Crippen LogP contribution in [0.3, 0.4) is 0 Å². The fourth-order valence-electron chi connectivity index (χ4n) is 3.72. The van der Waals surface area contributed by atoms with Crippen LogP contribution in [0, 0.1) is 18.2 Å². The largest absolute Gasteiger partial charge is 0.393 e. The first-order valence-corrected chi connectivity index (χ1v) is 10.6. The number of thiocarbonyl (C=S) groups is 1. The summed E-state index contributed by atoms with van der Waals surface area (Å²) in [4.78, 5) is 0.278. The van der Waals surface area contributed by atoms with E-state index in [4.69, 9.17) is 22.7 Å². The van der Waals surface area contributed by atoms with Gasteiger partial charge in [0.05, 0.1) is 27.2 Å². The highest BCUT2D eigenvalue weighted by Crippen LogP contribution is 2.64. The first-order valence-electron chi connectivity index (χ1n) is 8.69. The molecular weight excluding hydrogens is 385 g/mol. The van der Waals surface area contributed by atoms with Gasteiger partial charge in [-0.3, -0.25) is 0 Å². The van der Waals surface area contributed by atoms with Crippen molar-refractivity contribution in [3.8, 4) is 0 Å². The van der Waals surface area contributed by atoms with Crippen molar-refractivity contribution in [1.29, 1.82) is 0 Å². The van der Waals surface area contributed by atoms with Gasteiger partial charge < -0.3 is 10.5 Å². The fraction of sp³-hybridized carbons (Fsp3) is 0.350. The van der Waals surface area contributed by atoms with E-state index in [9.17, 15) is 12.8 Å². The minimum atomic E-state index is -3.75. The topological polar surface area (TPSA) is 69.4 Å². The quantitative estimate of drug-likeness (QED) is 0.713. The number of ether oxygens (including phenoxy) is 1. The molecule has 1 aliphatic carbocycles. The smallest absolute Gasteiger partial charge is 0.182 e. The van der Waals surface area contributed by atoms with Gasteiger partial charge in [-0.25, -0.2) is 12.8 Å². The predicted molar refractivity (Wildman–Crippen MR) is 107 cm³/mol. The maximum Gasteiger partial charge on any atom is 0.182 e. The van der Waals surface area contributed by atoms with Crippen molar-refractivity contribution in [1.82, 2.24) is 0 Å². The van der Waals surface area contributed by atoms with Gasteiger partial charge in [0.25, 0.3) is 0 Å². The molecule has 3 atom stereocenters. The Kier molecular flexibility index (Phi) is 5.38. The number of hydrogen-bond donors (Lipinski definition) is 1. The Labute approximate surface area is 164 Å². The lowest BCUT2D eigenvalue weighted by molar-refractivity contribution is 0.121. The van der Waals surface area contributed by atoms with Gasteiger partial charge in [0.1, 0.15) is 5.82 Å². The molecule has 144 valence electrons. The Morgan fingerprint density at radius 3 is 2.48 bits per heavy atom. The molecule has 1 fully saturated rings. The van der Waals surface area contributed by atoms with Crippen molar-refractivity contribution in [2.75, 3.05) is 13.2 Å². The van der Waals surface area contributed by atoms with E-state index in [1.165, 1.54) is 12.1 Å². The summed E-state index contributed by atoms with van der Waals surface area (Å²) in [6.45, 7) is 4.18. The molecule has 1 aliphatic rings. The summed E-state index contributed by atoms with van der Waals surface area (Å²) in [6.07, 6.45) is 0. The molecule has 2 aromatic rings. The molecule has 0 amide bonds. The van der Waals surface area contributed by atoms with Crippen molar-refractivity contribution in [3.05, 3.63) is 65.5 Å². The fourth-order valence-corrected chi connectivity index (χ4v) is 6.49. The SMILES string of the molecule is CCOC[C@@]1(C(N)=S)[C@H](c2cccc(F)c2)[C@@H]1S(=O)(=O)c1ccc(C)cc1. The standard InChI is InChI=1S/C20H22FNO3S2/c1-3-25-12-20(19(22)26)17(14-5-4-6-15(21)11-14)18(20)27(23,24)16-9-7-13(2)8-10-16/h4-11,17-18H,3,12H2,1-2H3,(H2,22,26)/t17-,18+,20-/m1/s1. The summed E-state index contributed by atoms with van der Waals surface area (Å²) >= 11 is 5.27. The van der Waals surface area contributed by atoms with Crippen LogP contribution >= 0.6 is 12.2 Å². The zero-order chi connectivity index (χ0) is 19.8. The zero-order valence-corrected chi connectivity index (χ0v) is 16.8. The lowest BCUT2D eigenvalue weighted by Crippen LogP contribution is -2.33. The molecule has 1 saturated carbocycles. The van der Waals surface area contributed by atoms with Crippen LogP contribution in [-0.2, 0) is 14.6 Å². The average molecular weight is 408 g/mol. The summed E-state index contributed by atoms with van der Waals surface area (Å²) in [5, 5.41) is -0.890. The van der Waals surface area contributed by atoms with Crippen LogP contribution in [0.15, 0.2) is 53.4 Å². The number of halogens is 1. The van der Waals surface area contributed by atoms with Crippen molar-refractivity contribution in [2.24, 2.45) is 11.1 Å². The highest BCUT2D eigenvalue weighted by Gasteiger charge is 2.73. The predicted octanol–water partition coefficient (Wildman–Crippen LogP) is 3.38. The van der Waals surface area contributed by atoms with E-state index >= 15 is 0 Å². The van der Waals surface area contributed by atoms with Crippen LogP contribution in [0.25, 0.3) is 0 Å². The number of nitrogens with two attached hydrogens (primary N) is 1. The van der Waals surface area contributed by atoms with Crippen molar-refractivity contribution in [3.63, 3.8) is 0 Å². The Morgan fingerprint density at radius 2 is 1.93 bits per heavy atom. The molecule has 0 aliphatic heterocycles. The molecule has 7 heteroatoms. The summed E-state index contributed by atoms with van der Waals surface area (Å²) in [5.74, 6) is -0.984. The minimum Gasteiger partial charge on any atom is -0.393 e. The molecule has 2 aromatic carbocycles. The minimum absolute atomic E-state index is 0.0749. The Bertz CT molecular complexity index is 959. The van der Waals surface area contributed by atoms with Crippen LogP contribution in [0.5, 0.6) is 0 Å². The molecule has 0 radical (unpaired) electrons. The second-order valence-corrected chi connectivity index (χ2v) is 9.36. The molecule has 0 saturated heterocycles. The number of rotatable bonds is 7. The first-order chi connectivity index (χ1) is 12.7. The molecule has 0 bridgehead atoms. The maximum atomic E-state index is 13.8. The van der Waals surface area contributed by atoms with Crippen molar-refractivity contribution in [2.45, 2.75) is 29.9 Å². The number of sulfone groups is 1. The van der Waals surface area contributed by atoms with E-state index < -0.39 is 32.2 Å². The van der Waals surface area contributed by atoms with Gasteiger partial charge in [-0.2, -0.15) is 0 Å². The summed E-state index contributed by atoms with van der Waals surface area (Å²) in [7, 11) is -3.75. The molecule has 0 heterocycles. The number of benzene rings is 2. The molecule has 27 heavy (non-hydrogen) atoms. The van der Waals surface area contributed by atoms with Crippen LogP contribution in [0.1, 0.15) is 24.0 Å².